The van der Waals surface area contributed by atoms with Gasteiger partial charge in [-0.05, 0) is 18.6 Å². The molecule has 21 heavy (non-hydrogen) atoms. The summed E-state index contributed by atoms with van der Waals surface area (Å²) in [5.41, 5.74) is -1.38. The fourth-order valence-corrected chi connectivity index (χ4v) is 1.49. The number of carbonyl (C=O) groups excluding carboxylic acids is 1. The Labute approximate surface area is 120 Å². The van der Waals surface area contributed by atoms with E-state index < -0.39 is 17.6 Å². The van der Waals surface area contributed by atoms with Gasteiger partial charge < -0.3 is 10.6 Å². The van der Waals surface area contributed by atoms with Gasteiger partial charge in [0.15, 0.2) is 0 Å². The van der Waals surface area contributed by atoms with Gasteiger partial charge in [-0.15, -0.1) is 0 Å². The van der Waals surface area contributed by atoms with Gasteiger partial charge >= 0.3 is 6.18 Å². The van der Waals surface area contributed by atoms with Crippen LogP contribution in [-0.2, 0) is 11.0 Å². The lowest BCUT2D eigenvalue weighted by Gasteiger charge is -2.12. The first-order chi connectivity index (χ1) is 9.90. The second-order valence-corrected chi connectivity index (χ2v) is 4.11. The van der Waals surface area contributed by atoms with Crippen molar-refractivity contribution in [1.82, 2.24) is 5.32 Å². The summed E-state index contributed by atoms with van der Waals surface area (Å²) in [4.78, 5) is 11.6. The van der Waals surface area contributed by atoms with Crippen molar-refractivity contribution in [1.29, 1.82) is 5.26 Å². The van der Waals surface area contributed by atoms with Crippen LogP contribution in [0.1, 0.15) is 18.9 Å². The molecule has 0 heterocycles. The molecule has 0 aliphatic heterocycles. The van der Waals surface area contributed by atoms with E-state index in [1.54, 1.807) is 6.07 Å². The Bertz CT molecular complexity index is 574. The first kappa shape index (κ1) is 16.6. The molecule has 4 nitrogen and oxygen atoms in total. The summed E-state index contributed by atoms with van der Waals surface area (Å²) in [5, 5.41) is 13.7. The standard InChI is InChI=1S/C14H14F3N3O/c1-2-7-19-13(21)10(8-18)9-20-12-6-4-3-5-11(12)14(15,16)17/h3-6,9,20H,2,7H2,1H3,(H,19,21)/b10-9-. The molecule has 112 valence electrons. The van der Waals surface area contributed by atoms with Crippen LogP contribution in [0.4, 0.5) is 18.9 Å². The molecule has 0 aliphatic rings. The Kier molecular flexibility index (Phi) is 5.79. The summed E-state index contributed by atoms with van der Waals surface area (Å²) in [5.74, 6) is -0.628. The third-order valence-electron chi connectivity index (χ3n) is 2.51. The van der Waals surface area contributed by atoms with E-state index in [1.807, 2.05) is 6.92 Å². The fourth-order valence-electron chi connectivity index (χ4n) is 1.49. The molecule has 0 atom stereocenters. The minimum atomic E-state index is -4.52. The Hall–Kier alpha value is -2.49. The zero-order valence-corrected chi connectivity index (χ0v) is 11.3. The van der Waals surface area contributed by atoms with Crippen molar-refractivity contribution in [3.05, 3.63) is 41.6 Å². The van der Waals surface area contributed by atoms with Gasteiger partial charge in [0.05, 0.1) is 11.3 Å². The monoisotopic (exact) mass is 297 g/mol. The molecule has 0 unspecified atom stereocenters. The van der Waals surface area contributed by atoms with Gasteiger partial charge in [0, 0.05) is 12.7 Å². The van der Waals surface area contributed by atoms with Crippen LogP contribution in [0.5, 0.6) is 0 Å². The number of rotatable bonds is 5. The molecule has 0 aromatic heterocycles. The molecule has 0 fully saturated rings. The van der Waals surface area contributed by atoms with E-state index in [0.29, 0.717) is 13.0 Å². The van der Waals surface area contributed by atoms with Crippen LogP contribution < -0.4 is 10.6 Å². The molecule has 0 saturated carbocycles. The number of carbonyl (C=O) groups is 1. The number of halogens is 3. The summed E-state index contributed by atoms with van der Waals surface area (Å²) in [6.45, 7) is 2.23. The SMILES string of the molecule is CCCNC(=O)/C(C#N)=C\Nc1ccccc1C(F)(F)F. The minimum Gasteiger partial charge on any atom is -0.360 e. The Morgan fingerprint density at radius 1 is 1.38 bits per heavy atom. The van der Waals surface area contributed by atoms with Gasteiger partial charge in [0.25, 0.3) is 5.91 Å². The third-order valence-corrected chi connectivity index (χ3v) is 2.51. The molecular formula is C14H14F3N3O. The number of benzene rings is 1. The van der Waals surface area contributed by atoms with Crippen molar-refractivity contribution in [2.75, 3.05) is 11.9 Å². The number of para-hydroxylation sites is 1. The highest BCUT2D eigenvalue weighted by Crippen LogP contribution is 2.34. The maximum atomic E-state index is 12.8. The van der Waals surface area contributed by atoms with E-state index >= 15 is 0 Å². The lowest BCUT2D eigenvalue weighted by molar-refractivity contribution is -0.136. The maximum Gasteiger partial charge on any atom is 0.418 e. The van der Waals surface area contributed by atoms with Crippen molar-refractivity contribution >= 4 is 11.6 Å². The number of nitriles is 1. The second-order valence-electron chi connectivity index (χ2n) is 4.11. The molecule has 2 N–H and O–H groups in total. The molecule has 7 heteroatoms. The largest absolute Gasteiger partial charge is 0.418 e. The zero-order valence-electron chi connectivity index (χ0n) is 11.3. The van der Waals surface area contributed by atoms with Gasteiger partial charge in [-0.25, -0.2) is 0 Å². The normalized spacial score (nSPS) is 11.7. The van der Waals surface area contributed by atoms with Gasteiger partial charge in [-0.1, -0.05) is 19.1 Å². The average Bonchev–Trinajstić information content (AvgIpc) is 2.45. The maximum absolute atomic E-state index is 12.8. The van der Waals surface area contributed by atoms with Crippen LogP contribution in [0.15, 0.2) is 36.0 Å². The number of hydrogen-bond donors (Lipinski definition) is 2. The summed E-state index contributed by atoms with van der Waals surface area (Å²) in [6.07, 6.45) is -2.86. The number of alkyl halides is 3. The number of hydrogen-bond acceptors (Lipinski definition) is 3. The minimum absolute atomic E-state index is 0.221. The molecular weight excluding hydrogens is 283 g/mol. The van der Waals surface area contributed by atoms with Crippen LogP contribution in [-0.4, -0.2) is 12.5 Å². The van der Waals surface area contributed by atoms with Crippen molar-refractivity contribution in [2.24, 2.45) is 0 Å². The predicted molar refractivity (Wildman–Crippen MR) is 72.1 cm³/mol. The smallest absolute Gasteiger partial charge is 0.360 e. The van der Waals surface area contributed by atoms with Gasteiger partial charge in [-0.3, -0.25) is 4.79 Å². The number of anilines is 1. The summed E-state index contributed by atoms with van der Waals surface area (Å²) in [6, 6.07) is 6.47. The van der Waals surface area contributed by atoms with Crippen LogP contribution in [0.25, 0.3) is 0 Å². The predicted octanol–water partition coefficient (Wildman–Crippen LogP) is 3.05. The summed E-state index contributed by atoms with van der Waals surface area (Å²) in [7, 11) is 0. The third kappa shape index (κ3) is 4.84. The van der Waals surface area contributed by atoms with E-state index in [9.17, 15) is 18.0 Å². The van der Waals surface area contributed by atoms with E-state index in [1.165, 1.54) is 18.2 Å². The lowest BCUT2D eigenvalue weighted by atomic mass is 10.1. The zero-order chi connectivity index (χ0) is 15.9. The summed E-state index contributed by atoms with van der Waals surface area (Å²) < 4.78 is 38.3. The highest BCUT2D eigenvalue weighted by Gasteiger charge is 2.32. The van der Waals surface area contributed by atoms with E-state index in [-0.39, 0.29) is 11.3 Å². The van der Waals surface area contributed by atoms with Crippen LogP contribution >= 0.6 is 0 Å². The number of nitrogens with zero attached hydrogens (tertiary/aromatic N) is 1. The molecule has 1 aromatic rings. The van der Waals surface area contributed by atoms with Crippen molar-refractivity contribution in [3.8, 4) is 6.07 Å². The van der Waals surface area contributed by atoms with Gasteiger partial charge in [0.1, 0.15) is 11.6 Å². The van der Waals surface area contributed by atoms with E-state index in [2.05, 4.69) is 10.6 Å². The summed E-state index contributed by atoms with van der Waals surface area (Å²) >= 11 is 0. The van der Waals surface area contributed by atoms with Gasteiger partial charge in [-0.2, -0.15) is 18.4 Å². The molecule has 0 saturated heterocycles. The lowest BCUT2D eigenvalue weighted by Crippen LogP contribution is -2.25. The highest BCUT2D eigenvalue weighted by molar-refractivity contribution is 5.97. The van der Waals surface area contributed by atoms with Gasteiger partial charge in [0.2, 0.25) is 0 Å². The van der Waals surface area contributed by atoms with Crippen molar-refractivity contribution in [3.63, 3.8) is 0 Å². The van der Waals surface area contributed by atoms with E-state index in [4.69, 9.17) is 5.26 Å². The van der Waals surface area contributed by atoms with Crippen molar-refractivity contribution in [2.45, 2.75) is 19.5 Å². The van der Waals surface area contributed by atoms with Crippen molar-refractivity contribution < 1.29 is 18.0 Å². The molecule has 0 aliphatic carbocycles. The van der Waals surface area contributed by atoms with Crippen LogP contribution in [0, 0.1) is 11.3 Å². The van der Waals surface area contributed by atoms with Crippen LogP contribution in [0.3, 0.4) is 0 Å². The molecule has 1 rings (SSSR count). The Morgan fingerprint density at radius 2 is 2.05 bits per heavy atom. The topological polar surface area (TPSA) is 64.9 Å². The Balaban J connectivity index is 2.93. The average molecular weight is 297 g/mol. The molecule has 0 spiro atoms. The Morgan fingerprint density at radius 3 is 2.62 bits per heavy atom. The fraction of sp³-hybridized carbons (Fsp3) is 0.286. The first-order valence-electron chi connectivity index (χ1n) is 6.21. The molecule has 1 amide bonds. The van der Waals surface area contributed by atoms with Crippen LogP contribution in [0.2, 0.25) is 0 Å². The second kappa shape index (κ2) is 7.33. The highest BCUT2D eigenvalue weighted by atomic mass is 19.4. The quantitative estimate of drug-likeness (QED) is 0.648. The number of nitrogens with one attached hydrogen (secondary N) is 2. The molecule has 0 radical (unpaired) electrons. The molecule has 1 aromatic carbocycles. The molecule has 0 bridgehead atoms. The number of amides is 1. The first-order valence-corrected chi connectivity index (χ1v) is 6.21. The van der Waals surface area contributed by atoms with E-state index in [0.717, 1.165) is 12.3 Å².